The van der Waals surface area contributed by atoms with Crippen LogP contribution in [0.1, 0.15) is 36.6 Å². The molecule has 188 valence electrons. The Morgan fingerprint density at radius 3 is 2.64 bits per heavy atom. The van der Waals surface area contributed by atoms with E-state index in [0.717, 1.165) is 48.7 Å². The van der Waals surface area contributed by atoms with E-state index >= 15 is 0 Å². The average Bonchev–Trinajstić information content (AvgIpc) is 3.52. The molecule has 0 unspecified atom stereocenters. The fraction of sp³-hybridized carbons (Fsp3) is 0.360. The summed E-state index contributed by atoms with van der Waals surface area (Å²) < 4.78 is 17.6. The first kappa shape index (κ1) is 24.7. The van der Waals surface area contributed by atoms with Crippen LogP contribution >= 0.6 is 23.3 Å². The van der Waals surface area contributed by atoms with Gasteiger partial charge in [0.25, 0.3) is 0 Å². The molecule has 1 aliphatic rings. The molecule has 11 heteroatoms. The number of thiazole rings is 1. The third-order valence-corrected chi connectivity index (χ3v) is 8.29. The maximum Gasteiger partial charge on any atom is 0.303 e. The molecule has 0 saturated carbocycles. The van der Waals surface area contributed by atoms with Gasteiger partial charge in [0, 0.05) is 43.4 Å². The zero-order valence-corrected chi connectivity index (χ0v) is 21.7. The summed E-state index contributed by atoms with van der Waals surface area (Å²) in [6.07, 6.45) is 4.45. The molecule has 0 bridgehead atoms. The van der Waals surface area contributed by atoms with Crippen LogP contribution in [0.4, 0.5) is 15.3 Å². The van der Waals surface area contributed by atoms with Crippen molar-refractivity contribution in [2.24, 2.45) is 0 Å². The van der Waals surface area contributed by atoms with E-state index in [4.69, 9.17) is 15.1 Å². The normalized spacial score (nSPS) is 15.0. The second-order valence-corrected chi connectivity index (χ2v) is 10.5. The highest BCUT2D eigenvalue weighted by Gasteiger charge is 2.25. The predicted molar refractivity (Wildman–Crippen MR) is 142 cm³/mol. The summed E-state index contributed by atoms with van der Waals surface area (Å²) in [5.41, 5.74) is 3.94. The molecule has 0 aliphatic carbocycles. The maximum absolute atomic E-state index is 13.4. The molecule has 4 heterocycles. The Hall–Kier alpha value is -3.02. The molecule has 0 atom stereocenters. The van der Waals surface area contributed by atoms with E-state index in [1.54, 1.807) is 24.1 Å². The number of carbonyl (C=O) groups is 1. The van der Waals surface area contributed by atoms with Crippen molar-refractivity contribution in [2.75, 3.05) is 31.3 Å². The summed E-state index contributed by atoms with van der Waals surface area (Å²) in [4.78, 5) is 22.8. The van der Waals surface area contributed by atoms with Crippen LogP contribution in [-0.2, 0) is 11.2 Å². The molecule has 8 nitrogen and oxygen atoms in total. The van der Waals surface area contributed by atoms with Crippen molar-refractivity contribution >= 4 is 45.9 Å². The van der Waals surface area contributed by atoms with Crippen molar-refractivity contribution in [3.8, 4) is 11.3 Å². The number of nitrogens with zero attached hydrogens (tertiary/aromatic N) is 6. The summed E-state index contributed by atoms with van der Waals surface area (Å²) >= 11 is 3.24. The van der Waals surface area contributed by atoms with Gasteiger partial charge in [0.15, 0.2) is 16.6 Å². The summed E-state index contributed by atoms with van der Waals surface area (Å²) in [6.45, 7) is 2.05. The summed E-state index contributed by atoms with van der Waals surface area (Å²) in [6, 6.07) is 10.3. The van der Waals surface area contributed by atoms with Gasteiger partial charge < -0.3 is 10.0 Å². The summed E-state index contributed by atoms with van der Waals surface area (Å²) in [5.74, 6) is -0.0794. The molecule has 0 spiro atoms. The Kier molecular flexibility index (Phi) is 7.22. The number of anilines is 2. The van der Waals surface area contributed by atoms with Crippen LogP contribution in [0, 0.1) is 5.82 Å². The second kappa shape index (κ2) is 10.5. The van der Waals surface area contributed by atoms with Gasteiger partial charge in [-0.05, 0) is 55.5 Å². The maximum atomic E-state index is 13.4. The number of fused-ring (bicyclic) bond motifs is 1. The Labute approximate surface area is 216 Å². The molecule has 1 saturated heterocycles. The van der Waals surface area contributed by atoms with Crippen LogP contribution < -0.4 is 4.90 Å². The Bertz CT molecular complexity index is 1360. The third-order valence-electron chi connectivity index (χ3n) is 6.49. The van der Waals surface area contributed by atoms with E-state index in [1.165, 1.54) is 23.5 Å². The van der Waals surface area contributed by atoms with Gasteiger partial charge in [-0.15, -0.1) is 11.3 Å². The molecular formula is C25H27FN6O2S2. The van der Waals surface area contributed by atoms with Crippen LogP contribution in [-0.4, -0.2) is 61.4 Å². The number of aromatic nitrogens is 4. The molecule has 1 aromatic carbocycles. The van der Waals surface area contributed by atoms with Crippen LogP contribution in [0.15, 0.2) is 41.8 Å². The van der Waals surface area contributed by atoms with E-state index < -0.39 is 5.97 Å². The molecule has 1 fully saturated rings. The lowest BCUT2D eigenvalue weighted by Crippen LogP contribution is -2.27. The first-order valence-corrected chi connectivity index (χ1v) is 13.8. The van der Waals surface area contributed by atoms with E-state index in [9.17, 15) is 14.3 Å². The smallest absolute Gasteiger partial charge is 0.303 e. The van der Waals surface area contributed by atoms with Gasteiger partial charge in [0.05, 0.1) is 23.5 Å². The summed E-state index contributed by atoms with van der Waals surface area (Å²) in [7, 11) is 1.90. The number of aryl methyl sites for hydroxylation is 1. The minimum absolute atomic E-state index is 0.0244. The Morgan fingerprint density at radius 2 is 1.94 bits per heavy atom. The van der Waals surface area contributed by atoms with E-state index in [0.29, 0.717) is 22.4 Å². The first-order chi connectivity index (χ1) is 17.4. The van der Waals surface area contributed by atoms with Crippen molar-refractivity contribution in [1.82, 2.24) is 23.9 Å². The van der Waals surface area contributed by atoms with Gasteiger partial charge in [-0.3, -0.25) is 9.10 Å². The van der Waals surface area contributed by atoms with Crippen LogP contribution in [0.5, 0.6) is 0 Å². The SMILES string of the molecule is CSN1CCC(c2ccc3nc(CCC(=O)O)c(N(C)c4nc(-c5ccc(F)cc5)cs4)n3n2)CC1. The van der Waals surface area contributed by atoms with Crippen LogP contribution in [0.2, 0.25) is 0 Å². The highest BCUT2D eigenvalue weighted by Crippen LogP contribution is 2.35. The zero-order chi connectivity index (χ0) is 25.2. The Balaban J connectivity index is 1.51. The van der Waals surface area contributed by atoms with Gasteiger partial charge in [-0.25, -0.2) is 14.4 Å². The van der Waals surface area contributed by atoms with Gasteiger partial charge in [0.1, 0.15) is 5.82 Å². The first-order valence-electron chi connectivity index (χ1n) is 11.8. The van der Waals surface area contributed by atoms with Gasteiger partial charge in [0.2, 0.25) is 0 Å². The highest BCUT2D eigenvalue weighted by molar-refractivity contribution is 7.96. The number of carboxylic acid groups (broad SMARTS) is 1. The number of hydrogen-bond acceptors (Lipinski definition) is 8. The minimum atomic E-state index is -0.872. The molecule has 1 N–H and O–H groups in total. The second-order valence-electron chi connectivity index (χ2n) is 8.77. The number of hydrogen-bond donors (Lipinski definition) is 1. The molecule has 0 radical (unpaired) electrons. The topological polar surface area (TPSA) is 86.9 Å². The lowest BCUT2D eigenvalue weighted by Gasteiger charge is -2.29. The fourth-order valence-corrected chi connectivity index (χ4v) is 5.90. The molecule has 5 rings (SSSR count). The van der Waals surface area contributed by atoms with Gasteiger partial charge in [-0.2, -0.15) is 9.61 Å². The van der Waals surface area contributed by atoms with Crippen LogP contribution in [0.25, 0.3) is 16.9 Å². The van der Waals surface area contributed by atoms with Crippen LogP contribution in [0.3, 0.4) is 0 Å². The van der Waals surface area contributed by atoms with Crippen molar-refractivity contribution in [2.45, 2.75) is 31.6 Å². The molecule has 36 heavy (non-hydrogen) atoms. The monoisotopic (exact) mass is 526 g/mol. The van der Waals surface area contributed by atoms with Crippen molar-refractivity contribution in [3.05, 3.63) is 59.0 Å². The molecule has 4 aromatic rings. The quantitative estimate of drug-likeness (QED) is 0.312. The number of aliphatic carboxylic acids is 1. The van der Waals surface area contributed by atoms with Gasteiger partial charge >= 0.3 is 5.97 Å². The standard InChI is InChI=1S/C25H27FN6O2S2/c1-30(25-28-21(15-36-25)16-3-5-18(26)6-4-16)24-20(8-10-23(33)34)27-22-9-7-19(29-32(22)24)17-11-13-31(35-2)14-12-17/h3-7,9,15,17H,8,10-14H2,1-2H3,(H,33,34). The fourth-order valence-electron chi connectivity index (χ4n) is 4.52. The molecular weight excluding hydrogens is 499 g/mol. The molecule has 3 aromatic heterocycles. The number of piperidine rings is 1. The zero-order valence-electron chi connectivity index (χ0n) is 20.1. The number of imidazole rings is 1. The largest absolute Gasteiger partial charge is 0.481 e. The lowest BCUT2D eigenvalue weighted by atomic mass is 9.94. The highest BCUT2D eigenvalue weighted by atomic mass is 32.2. The Morgan fingerprint density at radius 1 is 1.19 bits per heavy atom. The third kappa shape index (κ3) is 5.09. The number of halogens is 1. The number of benzene rings is 1. The lowest BCUT2D eigenvalue weighted by molar-refractivity contribution is -0.136. The van der Waals surface area contributed by atoms with Crippen molar-refractivity contribution in [1.29, 1.82) is 0 Å². The molecule has 0 amide bonds. The predicted octanol–water partition coefficient (Wildman–Crippen LogP) is 5.23. The summed E-state index contributed by atoms with van der Waals surface area (Å²) in [5, 5.41) is 16.9. The van der Waals surface area contributed by atoms with Gasteiger partial charge in [-0.1, -0.05) is 11.9 Å². The van der Waals surface area contributed by atoms with E-state index in [2.05, 4.69) is 10.6 Å². The number of rotatable bonds is 8. The van der Waals surface area contributed by atoms with E-state index in [1.807, 2.05) is 34.0 Å². The van der Waals surface area contributed by atoms with Crippen molar-refractivity contribution in [3.63, 3.8) is 0 Å². The molecule has 1 aliphatic heterocycles. The number of carboxylic acids is 1. The van der Waals surface area contributed by atoms with E-state index in [-0.39, 0.29) is 18.7 Å². The average molecular weight is 527 g/mol. The minimum Gasteiger partial charge on any atom is -0.481 e. The van der Waals surface area contributed by atoms with Crippen molar-refractivity contribution < 1.29 is 14.3 Å².